The highest BCUT2D eigenvalue weighted by Crippen LogP contribution is 2.60. The van der Waals surface area contributed by atoms with Crippen molar-refractivity contribution >= 4 is 115 Å². The SMILES string of the molecule is O=[N+]([O-])c1cc([N+](=O)[O-])c2cc1Oc1cc(c3c(c1)-c1c4nc(c(-c5ccccc5)c5ccc([nH]5)c(-c5ccccc5)c5nc(c(-c6ccccc6)c6ccc1[nH]6)C=C5)C=C43)Oc1cc(c([N+](=O)[O-])cc1[N+](=O)[O-])Oc1cc(cc3c1-c1cc4[nH]c1c-3c1nc(c(-c3ccccc3)c3ccc([nH]3)c(-c3ccccc3)c3nc(c4-c4ccccc4)C=C3)C=C1)O2. The van der Waals surface area contributed by atoms with Crippen molar-refractivity contribution in [1.29, 1.82) is 0 Å². The molecule has 2 aliphatic carbocycles. The minimum atomic E-state index is -0.866. The van der Waals surface area contributed by atoms with Crippen molar-refractivity contribution in [3.05, 3.63) is 365 Å². The number of ether oxygens (including phenoxy) is 4. The molecule has 24 heteroatoms. The van der Waals surface area contributed by atoms with Gasteiger partial charge in [-0.15, -0.1) is 0 Å². The van der Waals surface area contributed by atoms with Gasteiger partial charge in [-0.25, -0.2) is 19.9 Å². The minimum Gasteiger partial charge on any atom is -0.450 e. The maximum Gasteiger partial charge on any atom is 0.318 e. The lowest BCUT2D eigenvalue weighted by Gasteiger charge is -2.18. The molecule has 23 rings (SSSR count). The molecule has 0 atom stereocenters. The Morgan fingerprint density at radius 2 is 0.540 bits per heavy atom. The molecule has 0 amide bonds. The highest BCUT2D eigenvalue weighted by molar-refractivity contribution is 6.16. The normalized spacial score (nSPS) is 12.7. The van der Waals surface area contributed by atoms with Crippen LogP contribution in [-0.2, 0) is 0 Å². The van der Waals surface area contributed by atoms with Crippen molar-refractivity contribution < 1.29 is 38.6 Å². The van der Waals surface area contributed by atoms with Gasteiger partial charge in [0.1, 0.15) is 35.1 Å². The Hall–Kier alpha value is -17.8. The molecular formula is C100H56N12O12. The number of rotatable bonds is 10. The fourth-order valence-corrected chi connectivity index (χ4v) is 17.8. The molecule has 10 aromatic carbocycles. The summed E-state index contributed by atoms with van der Waals surface area (Å²) in [7, 11) is 0. The van der Waals surface area contributed by atoms with Crippen LogP contribution in [0.5, 0.6) is 46.0 Å². The van der Waals surface area contributed by atoms with Gasteiger partial charge in [0, 0.05) is 141 Å². The van der Waals surface area contributed by atoms with Crippen molar-refractivity contribution in [2.45, 2.75) is 0 Å². The fourth-order valence-electron chi connectivity index (χ4n) is 17.8. The molecule has 0 spiro atoms. The second kappa shape index (κ2) is 27.9. The number of nitro groups is 4. The van der Waals surface area contributed by atoms with Crippen LogP contribution in [0.2, 0.25) is 0 Å². The van der Waals surface area contributed by atoms with E-state index < -0.39 is 65.4 Å². The standard InChI is InChI=1S/C100H56N12O12/c113-109(114)79-49-80(110(115)116)84-51-83(79)121-59-43-61-95(63-47-77-93(57-27-15-5-16-28-57)73-37-35-69(103-73)89(53-19-7-1-8-20-53)65-31-33-67(101-65)91(55-23-11-3-12-24-55)71-39-41-75(105-71)97(61)99(63)107-77)87(45-59)123-85-52-86(82(112(119)120)50-81(85)111(117)118)124-88-46-60(122-84)44-62-96(88)64-48-78-94(58-29-17-6-18-30-58)74-38-36-70(104-74)90(54-21-9-2-10-22-54)66-32-34-68(102-66)92(56-25-13-4-14-26-56)72-40-42-76(106-72)98(62)100(64)108-78/h1-52,101,104,106-107H. The topological polar surface area (TPSA) is 324 Å². The third kappa shape index (κ3) is 11.7. The first-order valence-electron chi connectivity index (χ1n) is 39.5. The van der Waals surface area contributed by atoms with Gasteiger partial charge < -0.3 is 38.9 Å². The van der Waals surface area contributed by atoms with E-state index in [1.54, 1.807) is 12.1 Å². The molecule has 0 saturated carbocycles. The van der Waals surface area contributed by atoms with Gasteiger partial charge in [-0.2, -0.15) is 0 Å². The van der Waals surface area contributed by atoms with Gasteiger partial charge in [-0.05, 0) is 131 Å². The van der Waals surface area contributed by atoms with E-state index in [4.69, 9.17) is 38.9 Å². The van der Waals surface area contributed by atoms with Crippen molar-refractivity contribution in [2.75, 3.05) is 0 Å². The van der Waals surface area contributed by atoms with Crippen LogP contribution in [0.3, 0.4) is 0 Å². The first-order chi connectivity index (χ1) is 60.7. The third-order valence-electron chi connectivity index (χ3n) is 23.1. The zero-order valence-corrected chi connectivity index (χ0v) is 64.5. The largest absolute Gasteiger partial charge is 0.450 e. The van der Waals surface area contributed by atoms with E-state index in [0.717, 1.165) is 96.5 Å². The lowest BCUT2D eigenvalue weighted by Crippen LogP contribution is -2.02. The van der Waals surface area contributed by atoms with E-state index in [1.807, 2.05) is 267 Å². The Labute approximate surface area is 700 Å². The molecule has 0 radical (unpaired) electrons. The summed E-state index contributed by atoms with van der Waals surface area (Å²) in [6.45, 7) is 0. The molecule has 24 bridgehead atoms. The van der Waals surface area contributed by atoms with Crippen LogP contribution in [0.25, 0.3) is 192 Å². The van der Waals surface area contributed by atoms with Gasteiger partial charge in [0.05, 0.1) is 70.8 Å². The first kappa shape index (κ1) is 71.5. The van der Waals surface area contributed by atoms with Crippen LogP contribution in [0.15, 0.2) is 273 Å². The number of aromatic nitrogens is 8. The highest BCUT2D eigenvalue weighted by Gasteiger charge is 2.40. The lowest BCUT2D eigenvalue weighted by atomic mass is 10.00. The molecule has 0 saturated heterocycles. The van der Waals surface area contributed by atoms with Crippen LogP contribution in [0, 0.1) is 40.5 Å². The van der Waals surface area contributed by atoms with Crippen LogP contribution < -0.4 is 18.9 Å². The van der Waals surface area contributed by atoms with Crippen LogP contribution in [0.4, 0.5) is 22.7 Å². The predicted octanol–water partition coefficient (Wildman–Crippen LogP) is 25.8. The Bertz CT molecular complexity index is 7980. The summed E-state index contributed by atoms with van der Waals surface area (Å²) in [6, 6.07) is 82.3. The molecule has 124 heavy (non-hydrogen) atoms. The van der Waals surface area contributed by atoms with Crippen LogP contribution in [-0.4, -0.2) is 59.6 Å². The molecule has 11 heterocycles. The van der Waals surface area contributed by atoms with E-state index in [-0.39, 0.29) is 28.6 Å². The maximum atomic E-state index is 14.0. The molecule has 24 nitrogen and oxygen atoms in total. The predicted molar refractivity (Wildman–Crippen MR) is 478 cm³/mol. The van der Waals surface area contributed by atoms with Gasteiger partial charge in [0.2, 0.25) is 23.0 Å². The number of aromatic amines is 4. The van der Waals surface area contributed by atoms with Crippen molar-refractivity contribution in [3.63, 3.8) is 0 Å². The minimum absolute atomic E-state index is 0.173. The molecule has 7 aliphatic rings. The average molecular weight is 1620 g/mol. The van der Waals surface area contributed by atoms with Gasteiger partial charge in [0.15, 0.2) is 0 Å². The molecule has 5 aliphatic heterocycles. The summed E-state index contributed by atoms with van der Waals surface area (Å²) < 4.78 is 27.9. The Morgan fingerprint density at radius 1 is 0.242 bits per heavy atom. The van der Waals surface area contributed by atoms with Gasteiger partial charge in [-0.1, -0.05) is 182 Å². The zero-order chi connectivity index (χ0) is 83.3. The number of nitro benzene ring substituents is 4. The monoisotopic (exact) mass is 1620 g/mol. The summed E-state index contributed by atoms with van der Waals surface area (Å²) >= 11 is 0. The molecule has 6 aromatic heterocycles. The van der Waals surface area contributed by atoms with E-state index in [9.17, 15) is 40.5 Å². The zero-order valence-electron chi connectivity index (χ0n) is 64.5. The van der Waals surface area contributed by atoms with E-state index in [0.29, 0.717) is 123 Å². The number of nitrogens with zero attached hydrogens (tertiary/aromatic N) is 8. The molecule has 588 valence electrons. The highest BCUT2D eigenvalue weighted by atomic mass is 16.6. The summed E-state index contributed by atoms with van der Waals surface area (Å²) in [6.07, 6.45) is 13.6. The second-order valence-corrected chi connectivity index (χ2v) is 30.3. The smallest absolute Gasteiger partial charge is 0.318 e. The molecule has 0 unspecified atom stereocenters. The summed E-state index contributed by atoms with van der Waals surface area (Å²) in [5, 5.41) is 55.4. The fraction of sp³-hybridized carbons (Fsp3) is 0. The van der Waals surface area contributed by atoms with Crippen LogP contribution >= 0.6 is 0 Å². The molecule has 0 fully saturated rings. The Morgan fingerprint density at radius 3 is 0.887 bits per heavy atom. The van der Waals surface area contributed by atoms with E-state index in [2.05, 4.69) is 19.9 Å². The van der Waals surface area contributed by atoms with Crippen molar-refractivity contribution in [3.8, 4) is 146 Å². The number of hydrogen-bond donors (Lipinski definition) is 4. The van der Waals surface area contributed by atoms with Crippen LogP contribution in [0.1, 0.15) is 51.1 Å². The number of benzene rings is 10. The first-order valence-corrected chi connectivity index (χ1v) is 39.5. The quantitative estimate of drug-likeness (QED) is 0.0730. The molecular weight excluding hydrogens is 1560 g/mol. The molecule has 16 aromatic rings. The lowest BCUT2D eigenvalue weighted by molar-refractivity contribution is -0.395. The Balaban J connectivity index is 0.798. The van der Waals surface area contributed by atoms with E-state index in [1.165, 1.54) is 12.1 Å². The summed E-state index contributed by atoms with van der Waals surface area (Å²) in [4.78, 5) is 89.2. The van der Waals surface area contributed by atoms with Gasteiger partial charge >= 0.3 is 22.7 Å². The van der Waals surface area contributed by atoms with Crippen molar-refractivity contribution in [2.24, 2.45) is 0 Å². The molecule has 4 N–H and O–H groups in total. The number of nitrogens with one attached hydrogen (secondary N) is 4. The summed E-state index contributed by atoms with van der Waals surface area (Å²) in [5.74, 6) is -2.93. The van der Waals surface area contributed by atoms with Gasteiger partial charge in [-0.3, -0.25) is 40.5 Å². The second-order valence-electron chi connectivity index (χ2n) is 30.3. The van der Waals surface area contributed by atoms with Gasteiger partial charge in [0.25, 0.3) is 0 Å². The summed E-state index contributed by atoms with van der Waals surface area (Å²) in [5.41, 5.74) is 18.6. The average Bonchev–Trinajstić information content (AvgIpc) is 1.56. The maximum absolute atomic E-state index is 14.0. The van der Waals surface area contributed by atoms with Crippen molar-refractivity contribution in [1.82, 2.24) is 39.9 Å². The van der Waals surface area contributed by atoms with E-state index >= 15 is 0 Å². The third-order valence-corrected chi connectivity index (χ3v) is 23.1. The Kier molecular flexibility index (Phi) is 16.1. The number of hydrogen-bond acceptors (Lipinski definition) is 16. The number of H-pyrrole nitrogens is 4. The number of fused-ring (bicyclic) bond motifs is 32.